The third-order valence-corrected chi connectivity index (χ3v) is 5.88. The number of nitrogens with one attached hydrogen (secondary N) is 1. The smallest absolute Gasteiger partial charge is 0.307 e. The number of benzene rings is 2. The van der Waals surface area contributed by atoms with Gasteiger partial charge in [0.25, 0.3) is 0 Å². The minimum atomic E-state index is -0.808. The maximum Gasteiger partial charge on any atom is 0.307 e. The summed E-state index contributed by atoms with van der Waals surface area (Å²) >= 11 is 0. The van der Waals surface area contributed by atoms with Crippen LogP contribution in [0.1, 0.15) is 48.3 Å². The summed E-state index contributed by atoms with van der Waals surface area (Å²) in [5.74, 6) is -0.579. The molecule has 0 saturated heterocycles. The zero-order valence-corrected chi connectivity index (χ0v) is 16.3. The fourth-order valence-electron chi connectivity index (χ4n) is 4.32. The van der Waals surface area contributed by atoms with Crippen molar-refractivity contribution in [3.63, 3.8) is 0 Å². The molecule has 4 rings (SSSR count). The first-order valence-corrected chi connectivity index (χ1v) is 10.2. The van der Waals surface area contributed by atoms with Crippen LogP contribution >= 0.6 is 0 Å². The number of hydrogen-bond acceptors (Lipinski definition) is 3. The number of hydrogen-bond donors (Lipinski definition) is 2. The van der Waals surface area contributed by atoms with Gasteiger partial charge >= 0.3 is 5.97 Å². The molecule has 2 aromatic carbocycles. The summed E-state index contributed by atoms with van der Waals surface area (Å²) in [6.07, 6.45) is 6.21. The van der Waals surface area contributed by atoms with Crippen LogP contribution in [0.3, 0.4) is 0 Å². The fraction of sp³-hybridized carbons (Fsp3) is 0.333. The largest absolute Gasteiger partial charge is 0.481 e. The molecule has 0 amide bonds. The Bertz CT molecular complexity index is 995. The molecule has 1 heterocycles. The molecule has 1 aliphatic carbocycles. The van der Waals surface area contributed by atoms with E-state index in [0.717, 1.165) is 54.3 Å². The van der Waals surface area contributed by atoms with Crippen molar-refractivity contribution in [3.8, 4) is 0 Å². The van der Waals surface area contributed by atoms with E-state index in [2.05, 4.69) is 10.3 Å². The Morgan fingerprint density at radius 1 is 1.03 bits per heavy atom. The maximum absolute atomic E-state index is 13.7. The summed E-state index contributed by atoms with van der Waals surface area (Å²) in [5.41, 5.74) is 4.05. The highest BCUT2D eigenvalue weighted by atomic mass is 19.1. The van der Waals surface area contributed by atoms with Crippen LogP contribution in [0, 0.1) is 5.82 Å². The summed E-state index contributed by atoms with van der Waals surface area (Å²) in [6.45, 7) is 0.784. The van der Waals surface area contributed by atoms with Crippen LogP contribution in [0.15, 0.2) is 54.7 Å². The zero-order chi connectivity index (χ0) is 20.2. The molecule has 4 nitrogen and oxygen atoms in total. The van der Waals surface area contributed by atoms with E-state index in [1.807, 2.05) is 36.5 Å². The third kappa shape index (κ3) is 4.80. The summed E-state index contributed by atoms with van der Waals surface area (Å²) in [5, 5.41) is 13.4. The first-order valence-electron chi connectivity index (χ1n) is 10.2. The van der Waals surface area contributed by atoms with Gasteiger partial charge < -0.3 is 10.4 Å². The van der Waals surface area contributed by atoms with Crippen molar-refractivity contribution in [2.75, 3.05) is 0 Å². The van der Waals surface area contributed by atoms with Crippen molar-refractivity contribution in [2.45, 2.75) is 50.6 Å². The van der Waals surface area contributed by atoms with Gasteiger partial charge in [-0.15, -0.1) is 0 Å². The van der Waals surface area contributed by atoms with E-state index in [-0.39, 0.29) is 12.2 Å². The average molecular weight is 392 g/mol. The van der Waals surface area contributed by atoms with E-state index >= 15 is 0 Å². The Morgan fingerprint density at radius 3 is 2.48 bits per heavy atom. The van der Waals surface area contributed by atoms with Crippen LogP contribution in [0.5, 0.6) is 0 Å². The van der Waals surface area contributed by atoms with Crippen LogP contribution in [0.25, 0.3) is 10.9 Å². The number of carbonyl (C=O) groups is 1. The molecule has 5 heteroatoms. The molecule has 0 unspecified atom stereocenters. The number of fused-ring (bicyclic) bond motifs is 1. The summed E-state index contributed by atoms with van der Waals surface area (Å²) < 4.78 is 13.7. The lowest BCUT2D eigenvalue weighted by molar-refractivity contribution is -0.136. The lowest BCUT2D eigenvalue weighted by Crippen LogP contribution is -2.32. The fourth-order valence-corrected chi connectivity index (χ4v) is 4.32. The predicted molar refractivity (Wildman–Crippen MR) is 111 cm³/mol. The van der Waals surface area contributed by atoms with E-state index in [1.54, 1.807) is 12.1 Å². The van der Waals surface area contributed by atoms with Crippen LogP contribution in [0.4, 0.5) is 4.39 Å². The van der Waals surface area contributed by atoms with Crippen molar-refractivity contribution in [3.05, 3.63) is 77.2 Å². The van der Waals surface area contributed by atoms with Gasteiger partial charge in [0.05, 0.1) is 11.9 Å². The maximum atomic E-state index is 13.7. The van der Waals surface area contributed by atoms with Crippen LogP contribution in [0.2, 0.25) is 0 Å². The Balaban J connectivity index is 1.33. The molecule has 1 aliphatic rings. The molecular weight excluding hydrogens is 367 g/mol. The average Bonchev–Trinajstić information content (AvgIpc) is 2.73. The molecule has 0 bridgehead atoms. The molecule has 150 valence electrons. The Morgan fingerprint density at radius 2 is 1.76 bits per heavy atom. The van der Waals surface area contributed by atoms with Crippen LogP contribution in [-0.2, 0) is 17.8 Å². The number of carboxylic acids is 1. The van der Waals surface area contributed by atoms with E-state index < -0.39 is 5.97 Å². The molecular formula is C24H25FN2O2. The van der Waals surface area contributed by atoms with Crippen molar-refractivity contribution in [1.82, 2.24) is 10.3 Å². The van der Waals surface area contributed by atoms with Gasteiger partial charge in [-0.2, -0.15) is 0 Å². The predicted octanol–water partition coefficient (Wildman–Crippen LogP) is 4.82. The van der Waals surface area contributed by atoms with Gasteiger partial charge in [0, 0.05) is 24.2 Å². The summed E-state index contributed by atoms with van der Waals surface area (Å²) in [4.78, 5) is 15.1. The second kappa shape index (κ2) is 8.70. The van der Waals surface area contributed by atoms with Crippen molar-refractivity contribution < 1.29 is 14.3 Å². The summed E-state index contributed by atoms with van der Waals surface area (Å²) in [6, 6.07) is 15.1. The second-order valence-electron chi connectivity index (χ2n) is 7.88. The van der Waals surface area contributed by atoms with E-state index in [4.69, 9.17) is 5.11 Å². The van der Waals surface area contributed by atoms with E-state index in [0.29, 0.717) is 12.0 Å². The third-order valence-electron chi connectivity index (χ3n) is 5.88. The molecule has 0 atom stereocenters. The lowest BCUT2D eigenvalue weighted by atomic mass is 9.80. The summed E-state index contributed by atoms with van der Waals surface area (Å²) in [7, 11) is 0. The van der Waals surface area contributed by atoms with Crippen molar-refractivity contribution in [1.29, 1.82) is 0 Å². The Hall–Kier alpha value is -2.79. The Labute approximate surface area is 169 Å². The number of halogens is 1. The van der Waals surface area contributed by atoms with Crippen LogP contribution in [-0.4, -0.2) is 22.1 Å². The minimum absolute atomic E-state index is 0.0608. The van der Waals surface area contributed by atoms with Gasteiger partial charge in [-0.3, -0.25) is 9.78 Å². The molecule has 0 spiro atoms. The molecule has 1 fully saturated rings. The normalized spacial score (nSPS) is 19.3. The van der Waals surface area contributed by atoms with Crippen LogP contribution < -0.4 is 5.32 Å². The van der Waals surface area contributed by atoms with E-state index in [1.165, 1.54) is 11.6 Å². The SMILES string of the molecule is O=C(O)Cc1ccc(CN[C@H]2CC[C@H](c3ccnc4ccc(F)cc43)CC2)cc1. The van der Waals surface area contributed by atoms with Gasteiger partial charge in [0.15, 0.2) is 0 Å². The standard InChI is InChI=1S/C24H25FN2O2/c25-19-7-10-23-22(14-19)21(11-12-26-23)18-5-8-20(9-6-18)27-15-17-3-1-16(2-4-17)13-24(28)29/h1-4,7,10-12,14,18,20,27H,5-6,8-9,13,15H2,(H,28,29)/t18-,20-. The monoisotopic (exact) mass is 392 g/mol. The number of nitrogens with zero attached hydrogens (tertiary/aromatic N) is 1. The molecule has 3 aromatic rings. The highest BCUT2D eigenvalue weighted by Gasteiger charge is 2.23. The van der Waals surface area contributed by atoms with E-state index in [9.17, 15) is 9.18 Å². The number of aliphatic carboxylic acids is 1. The number of rotatable bonds is 6. The van der Waals surface area contributed by atoms with Gasteiger partial charge in [0.2, 0.25) is 0 Å². The topological polar surface area (TPSA) is 62.2 Å². The lowest BCUT2D eigenvalue weighted by Gasteiger charge is -2.30. The number of pyridine rings is 1. The molecule has 1 saturated carbocycles. The first-order chi connectivity index (χ1) is 14.1. The quantitative estimate of drug-likeness (QED) is 0.632. The van der Waals surface area contributed by atoms with Gasteiger partial charge in [-0.1, -0.05) is 24.3 Å². The highest BCUT2D eigenvalue weighted by Crippen LogP contribution is 2.36. The second-order valence-corrected chi connectivity index (χ2v) is 7.88. The molecule has 1 aromatic heterocycles. The van der Waals surface area contributed by atoms with Gasteiger partial charge in [-0.25, -0.2) is 4.39 Å². The first kappa shape index (κ1) is 19.5. The minimum Gasteiger partial charge on any atom is -0.481 e. The highest BCUT2D eigenvalue weighted by molar-refractivity contribution is 5.82. The van der Waals surface area contributed by atoms with Gasteiger partial charge in [-0.05, 0) is 72.6 Å². The molecule has 29 heavy (non-hydrogen) atoms. The van der Waals surface area contributed by atoms with Gasteiger partial charge in [0.1, 0.15) is 5.82 Å². The van der Waals surface area contributed by atoms with Crippen molar-refractivity contribution in [2.24, 2.45) is 0 Å². The Kier molecular flexibility index (Phi) is 5.86. The number of aromatic nitrogens is 1. The molecule has 0 radical (unpaired) electrons. The number of carboxylic acid groups (broad SMARTS) is 1. The zero-order valence-electron chi connectivity index (χ0n) is 16.3. The molecule has 2 N–H and O–H groups in total. The molecule has 0 aliphatic heterocycles. The van der Waals surface area contributed by atoms with Crippen molar-refractivity contribution >= 4 is 16.9 Å².